The van der Waals surface area contributed by atoms with Crippen molar-refractivity contribution >= 4 is 15.7 Å². The highest BCUT2D eigenvalue weighted by atomic mass is 32.2. The van der Waals surface area contributed by atoms with E-state index in [1.54, 1.807) is 6.08 Å². The predicted octanol–water partition coefficient (Wildman–Crippen LogP) is 6.21. The monoisotopic (exact) mass is 404 g/mol. The predicted molar refractivity (Wildman–Crippen MR) is 119 cm³/mol. The van der Waals surface area contributed by atoms with Gasteiger partial charge in [-0.25, -0.2) is 0 Å². The van der Waals surface area contributed by atoms with E-state index >= 15 is 0 Å². The second-order valence-corrected chi connectivity index (χ2v) is 9.01. The van der Waals surface area contributed by atoms with Gasteiger partial charge in [-0.2, -0.15) is 8.42 Å². The summed E-state index contributed by atoms with van der Waals surface area (Å²) in [5, 5.41) is 0. The van der Waals surface area contributed by atoms with E-state index in [1.165, 1.54) is 33.9 Å². The summed E-state index contributed by atoms with van der Waals surface area (Å²) in [6.07, 6.45) is 14.3. The molecule has 2 aromatic carbocycles. The Morgan fingerprint density at radius 2 is 1.72 bits per heavy atom. The van der Waals surface area contributed by atoms with Crippen LogP contribution < -0.4 is 0 Å². The van der Waals surface area contributed by atoms with Gasteiger partial charge in [0.1, 0.15) is 0 Å². The molecule has 4 heteroatoms. The maximum absolute atomic E-state index is 11.3. The number of hydrogen-bond donors (Lipinski definition) is 1. The molecule has 0 spiro atoms. The van der Waals surface area contributed by atoms with Crippen LogP contribution in [0.4, 0.5) is 0 Å². The standard InChI is InChI=1S/C25H24O3S/c1-18-7-9-21(10-8-18)24-16-13-22(17-25(24)20-5-3-2-4-6-20)19-11-14-23(15-12-19)29(26,27)28/h3,5-11,13-17,19H,2,4,12H2,1H3,(H,26,27,28). The zero-order chi connectivity index (χ0) is 20.4. The lowest BCUT2D eigenvalue weighted by atomic mass is 9.85. The van der Waals surface area contributed by atoms with Crippen molar-refractivity contribution in [1.82, 2.24) is 0 Å². The van der Waals surface area contributed by atoms with Crippen LogP contribution in [0.3, 0.4) is 0 Å². The van der Waals surface area contributed by atoms with Gasteiger partial charge in [-0.15, -0.1) is 0 Å². The lowest BCUT2D eigenvalue weighted by Crippen LogP contribution is -2.06. The summed E-state index contributed by atoms with van der Waals surface area (Å²) in [6, 6.07) is 15.1. The summed E-state index contributed by atoms with van der Waals surface area (Å²) in [6.45, 7) is 2.09. The topological polar surface area (TPSA) is 54.4 Å². The fraction of sp³-hybridized carbons (Fsp3) is 0.200. The first kappa shape index (κ1) is 19.6. The van der Waals surface area contributed by atoms with Crippen molar-refractivity contribution in [2.45, 2.75) is 32.1 Å². The molecule has 1 unspecified atom stereocenters. The molecule has 0 aliphatic heterocycles. The molecule has 4 rings (SSSR count). The molecule has 0 aromatic heterocycles. The summed E-state index contributed by atoms with van der Waals surface area (Å²) in [7, 11) is -4.15. The van der Waals surface area contributed by atoms with E-state index in [-0.39, 0.29) is 10.8 Å². The molecule has 0 radical (unpaired) electrons. The van der Waals surface area contributed by atoms with E-state index < -0.39 is 10.1 Å². The minimum atomic E-state index is -4.15. The largest absolute Gasteiger partial charge is 0.294 e. The number of aryl methyl sites for hydroxylation is 1. The Labute approximate surface area is 172 Å². The van der Waals surface area contributed by atoms with Crippen LogP contribution in [0.15, 0.2) is 83.8 Å². The molecule has 0 bridgehead atoms. The minimum Gasteiger partial charge on any atom is -0.282 e. The Morgan fingerprint density at radius 1 is 0.931 bits per heavy atom. The molecule has 0 amide bonds. The van der Waals surface area contributed by atoms with Crippen LogP contribution in [0.5, 0.6) is 0 Å². The molecule has 0 fully saturated rings. The molecule has 0 heterocycles. The maximum atomic E-state index is 11.3. The molecule has 1 N–H and O–H groups in total. The Balaban J connectivity index is 1.74. The van der Waals surface area contributed by atoms with Gasteiger partial charge in [0.05, 0.1) is 4.91 Å². The zero-order valence-corrected chi connectivity index (χ0v) is 17.2. The van der Waals surface area contributed by atoms with Crippen LogP contribution in [-0.4, -0.2) is 13.0 Å². The second kappa shape index (κ2) is 7.97. The smallest absolute Gasteiger partial charge is 0.282 e. The van der Waals surface area contributed by atoms with Gasteiger partial charge in [0.15, 0.2) is 0 Å². The van der Waals surface area contributed by atoms with E-state index in [4.69, 9.17) is 0 Å². The van der Waals surface area contributed by atoms with Gasteiger partial charge in [0.25, 0.3) is 10.1 Å². The number of benzene rings is 2. The first-order chi connectivity index (χ1) is 13.9. The lowest BCUT2D eigenvalue weighted by molar-refractivity contribution is 0.491. The highest BCUT2D eigenvalue weighted by molar-refractivity contribution is 7.90. The highest BCUT2D eigenvalue weighted by Gasteiger charge is 2.19. The Kier molecular flexibility index (Phi) is 5.39. The van der Waals surface area contributed by atoms with Gasteiger partial charge in [-0.1, -0.05) is 72.3 Å². The van der Waals surface area contributed by atoms with Crippen LogP contribution in [0.1, 0.15) is 41.9 Å². The van der Waals surface area contributed by atoms with E-state index in [0.717, 1.165) is 18.4 Å². The normalized spacial score (nSPS) is 19.0. The van der Waals surface area contributed by atoms with Crippen molar-refractivity contribution in [3.8, 4) is 11.1 Å². The van der Waals surface area contributed by atoms with E-state index in [9.17, 15) is 13.0 Å². The van der Waals surface area contributed by atoms with Crippen LogP contribution >= 0.6 is 0 Å². The van der Waals surface area contributed by atoms with Crippen molar-refractivity contribution in [3.63, 3.8) is 0 Å². The molecule has 148 valence electrons. The fourth-order valence-corrected chi connectivity index (χ4v) is 4.43. The van der Waals surface area contributed by atoms with Crippen LogP contribution in [0, 0.1) is 6.92 Å². The molecule has 2 aliphatic rings. The molecular weight excluding hydrogens is 380 g/mol. The fourth-order valence-electron chi connectivity index (χ4n) is 3.87. The van der Waals surface area contributed by atoms with Crippen molar-refractivity contribution in [1.29, 1.82) is 0 Å². The quantitative estimate of drug-likeness (QED) is 0.616. The van der Waals surface area contributed by atoms with E-state index in [2.05, 4.69) is 67.6 Å². The Morgan fingerprint density at radius 3 is 2.34 bits per heavy atom. The van der Waals surface area contributed by atoms with Crippen LogP contribution in [0.2, 0.25) is 0 Å². The summed E-state index contributed by atoms with van der Waals surface area (Å²) >= 11 is 0. The summed E-state index contributed by atoms with van der Waals surface area (Å²) in [4.78, 5) is -0.0248. The van der Waals surface area contributed by atoms with Gasteiger partial charge in [0.2, 0.25) is 0 Å². The number of rotatable bonds is 4. The van der Waals surface area contributed by atoms with E-state index in [0.29, 0.717) is 6.42 Å². The van der Waals surface area contributed by atoms with Crippen molar-refractivity contribution < 1.29 is 13.0 Å². The summed E-state index contributed by atoms with van der Waals surface area (Å²) in [5.74, 6) is 0.0829. The Bertz CT molecular complexity index is 1150. The maximum Gasteiger partial charge on any atom is 0.294 e. The van der Waals surface area contributed by atoms with E-state index in [1.807, 2.05) is 6.08 Å². The molecule has 2 aromatic rings. The van der Waals surface area contributed by atoms with Crippen LogP contribution in [-0.2, 0) is 10.1 Å². The molecule has 3 nitrogen and oxygen atoms in total. The SMILES string of the molecule is Cc1ccc(-c2ccc(C3C=CC(S(=O)(=O)O)=CC3)cc2C2=CCCC=C2)cc1. The molecular formula is C25H24O3S. The van der Waals surface area contributed by atoms with Gasteiger partial charge in [-0.3, -0.25) is 4.55 Å². The summed E-state index contributed by atoms with van der Waals surface area (Å²) < 4.78 is 31.9. The van der Waals surface area contributed by atoms with Gasteiger partial charge >= 0.3 is 0 Å². The first-order valence-electron chi connectivity index (χ1n) is 9.86. The van der Waals surface area contributed by atoms with Crippen molar-refractivity contribution in [3.05, 3.63) is 101 Å². The van der Waals surface area contributed by atoms with Gasteiger partial charge in [-0.05, 0) is 66.2 Å². The molecule has 0 saturated carbocycles. The third-order valence-electron chi connectivity index (χ3n) is 5.50. The van der Waals surface area contributed by atoms with Crippen LogP contribution in [0.25, 0.3) is 16.7 Å². The molecule has 29 heavy (non-hydrogen) atoms. The van der Waals surface area contributed by atoms with Crippen molar-refractivity contribution in [2.24, 2.45) is 0 Å². The minimum absolute atomic E-state index is 0.0248. The first-order valence-corrected chi connectivity index (χ1v) is 11.3. The Hall–Kier alpha value is -2.69. The number of hydrogen-bond acceptors (Lipinski definition) is 2. The second-order valence-electron chi connectivity index (χ2n) is 7.59. The lowest BCUT2D eigenvalue weighted by Gasteiger charge is -2.20. The zero-order valence-electron chi connectivity index (χ0n) is 16.4. The van der Waals surface area contributed by atoms with Gasteiger partial charge in [0, 0.05) is 5.92 Å². The van der Waals surface area contributed by atoms with Crippen molar-refractivity contribution in [2.75, 3.05) is 0 Å². The summed E-state index contributed by atoms with van der Waals surface area (Å²) in [5.41, 5.74) is 7.17. The average Bonchev–Trinajstić information content (AvgIpc) is 2.74. The molecule has 2 aliphatic carbocycles. The number of allylic oxidation sites excluding steroid dienone is 7. The third-order valence-corrected chi connectivity index (χ3v) is 6.40. The molecule has 0 saturated heterocycles. The highest BCUT2D eigenvalue weighted by Crippen LogP contribution is 2.36. The van der Waals surface area contributed by atoms with Gasteiger partial charge < -0.3 is 0 Å². The molecule has 1 atom stereocenters. The average molecular weight is 405 g/mol. The third kappa shape index (κ3) is 4.34.